The molecule has 1 heterocycles. The second kappa shape index (κ2) is 8.07. The standard InChI is InChI=1S/C22H21ClFNO5/c1-11(26)13-6-8-18-15(9-13)19(20(29-12(2)27)22(3,4)30-18)25-21(28)14-5-7-17(24)16(23)10-14/h5-10,19-20H,1-4H3,(H,25,28)/t19-,20+/m1/s1. The van der Waals surface area contributed by atoms with Crippen LogP contribution in [0.4, 0.5) is 4.39 Å². The number of esters is 1. The van der Waals surface area contributed by atoms with Gasteiger partial charge in [0.05, 0.1) is 11.1 Å². The van der Waals surface area contributed by atoms with Crippen molar-refractivity contribution in [2.24, 2.45) is 0 Å². The number of carbonyl (C=O) groups excluding carboxylic acids is 3. The van der Waals surface area contributed by atoms with E-state index in [2.05, 4.69) is 5.32 Å². The first-order chi connectivity index (χ1) is 14.0. The number of amides is 1. The number of halogens is 2. The van der Waals surface area contributed by atoms with Gasteiger partial charge in [-0.25, -0.2) is 4.39 Å². The van der Waals surface area contributed by atoms with E-state index in [0.29, 0.717) is 16.9 Å². The molecular formula is C22H21ClFNO5. The molecule has 2 aromatic carbocycles. The van der Waals surface area contributed by atoms with Crippen molar-refractivity contribution in [3.63, 3.8) is 0 Å². The van der Waals surface area contributed by atoms with Gasteiger partial charge in [-0.1, -0.05) is 11.6 Å². The summed E-state index contributed by atoms with van der Waals surface area (Å²) in [5.41, 5.74) is 0.0727. The van der Waals surface area contributed by atoms with E-state index in [4.69, 9.17) is 21.1 Å². The van der Waals surface area contributed by atoms with E-state index >= 15 is 0 Å². The third-order valence-electron chi connectivity index (χ3n) is 4.87. The summed E-state index contributed by atoms with van der Waals surface area (Å²) in [5, 5.41) is 2.64. The number of fused-ring (bicyclic) bond motifs is 1. The zero-order valence-electron chi connectivity index (χ0n) is 16.9. The van der Waals surface area contributed by atoms with Crippen LogP contribution in [0, 0.1) is 5.82 Å². The Morgan fingerprint density at radius 1 is 1.10 bits per heavy atom. The van der Waals surface area contributed by atoms with Gasteiger partial charge in [0.2, 0.25) is 0 Å². The predicted molar refractivity (Wildman–Crippen MR) is 108 cm³/mol. The van der Waals surface area contributed by atoms with Gasteiger partial charge in [0.1, 0.15) is 17.2 Å². The fourth-order valence-corrected chi connectivity index (χ4v) is 3.59. The van der Waals surface area contributed by atoms with Gasteiger partial charge in [-0.05, 0) is 57.2 Å². The summed E-state index contributed by atoms with van der Waals surface area (Å²) in [6.45, 7) is 6.15. The van der Waals surface area contributed by atoms with Crippen molar-refractivity contribution in [2.75, 3.05) is 0 Å². The van der Waals surface area contributed by atoms with Crippen LogP contribution in [-0.2, 0) is 9.53 Å². The van der Waals surface area contributed by atoms with Crippen LogP contribution < -0.4 is 10.1 Å². The molecule has 0 spiro atoms. The smallest absolute Gasteiger partial charge is 0.303 e. The normalized spacial score (nSPS) is 19.3. The molecule has 0 bridgehead atoms. The number of Topliss-reactive ketones (excluding diaryl/α,β-unsaturated/α-hetero) is 1. The largest absolute Gasteiger partial charge is 0.484 e. The first-order valence-electron chi connectivity index (χ1n) is 9.26. The number of nitrogens with one attached hydrogen (secondary N) is 1. The Morgan fingerprint density at radius 3 is 2.37 bits per heavy atom. The highest BCUT2D eigenvalue weighted by molar-refractivity contribution is 6.31. The first kappa shape index (κ1) is 21.8. The molecule has 0 saturated heterocycles. The molecule has 6 nitrogen and oxygen atoms in total. The lowest BCUT2D eigenvalue weighted by molar-refractivity contribution is -0.162. The average Bonchev–Trinajstić information content (AvgIpc) is 2.65. The van der Waals surface area contributed by atoms with Crippen LogP contribution in [0.15, 0.2) is 36.4 Å². The molecule has 0 radical (unpaired) electrons. The van der Waals surface area contributed by atoms with E-state index in [1.807, 2.05) is 0 Å². The van der Waals surface area contributed by atoms with E-state index < -0.39 is 35.4 Å². The zero-order chi connectivity index (χ0) is 22.2. The second-order valence-corrected chi connectivity index (χ2v) is 8.03. The number of ether oxygens (including phenoxy) is 2. The molecule has 0 aromatic heterocycles. The summed E-state index contributed by atoms with van der Waals surface area (Å²) in [5.74, 6) is -1.45. The Bertz CT molecular complexity index is 1040. The highest BCUT2D eigenvalue weighted by Gasteiger charge is 2.47. The third-order valence-corrected chi connectivity index (χ3v) is 5.16. The van der Waals surface area contributed by atoms with Crippen molar-refractivity contribution in [2.45, 2.75) is 45.4 Å². The second-order valence-electron chi connectivity index (χ2n) is 7.62. The summed E-state index contributed by atoms with van der Waals surface area (Å²) in [6.07, 6.45) is -0.885. The third kappa shape index (κ3) is 4.31. The summed E-state index contributed by atoms with van der Waals surface area (Å²) < 4.78 is 25.0. The van der Waals surface area contributed by atoms with E-state index in [1.165, 1.54) is 26.0 Å². The summed E-state index contributed by atoms with van der Waals surface area (Å²) >= 11 is 5.80. The summed E-state index contributed by atoms with van der Waals surface area (Å²) in [7, 11) is 0. The molecule has 0 unspecified atom stereocenters. The Labute approximate surface area is 178 Å². The molecule has 1 aliphatic heterocycles. The van der Waals surface area contributed by atoms with Crippen LogP contribution in [0.5, 0.6) is 5.75 Å². The van der Waals surface area contributed by atoms with Gasteiger partial charge < -0.3 is 14.8 Å². The molecule has 2 atom stereocenters. The van der Waals surface area contributed by atoms with Gasteiger partial charge in [-0.15, -0.1) is 0 Å². The first-order valence-corrected chi connectivity index (χ1v) is 9.64. The Hall–Kier alpha value is -2.93. The highest BCUT2D eigenvalue weighted by atomic mass is 35.5. The lowest BCUT2D eigenvalue weighted by Crippen LogP contribution is -2.55. The lowest BCUT2D eigenvalue weighted by atomic mass is 9.85. The van der Waals surface area contributed by atoms with E-state index in [-0.39, 0.29) is 16.4 Å². The van der Waals surface area contributed by atoms with Crippen LogP contribution >= 0.6 is 11.6 Å². The van der Waals surface area contributed by atoms with Gasteiger partial charge in [-0.3, -0.25) is 14.4 Å². The number of ketones is 1. The van der Waals surface area contributed by atoms with Crippen molar-refractivity contribution in [3.8, 4) is 5.75 Å². The summed E-state index contributed by atoms with van der Waals surface area (Å²) in [6, 6.07) is 7.67. The zero-order valence-corrected chi connectivity index (χ0v) is 17.7. The Morgan fingerprint density at radius 2 is 1.77 bits per heavy atom. The lowest BCUT2D eigenvalue weighted by Gasteiger charge is -2.44. The van der Waals surface area contributed by atoms with Gasteiger partial charge >= 0.3 is 5.97 Å². The molecule has 8 heteroatoms. The number of hydrogen-bond acceptors (Lipinski definition) is 5. The van der Waals surface area contributed by atoms with Crippen molar-refractivity contribution in [1.29, 1.82) is 0 Å². The van der Waals surface area contributed by atoms with Gasteiger partial charge in [0.25, 0.3) is 5.91 Å². The topological polar surface area (TPSA) is 81.7 Å². The van der Waals surface area contributed by atoms with E-state index in [1.54, 1.807) is 32.0 Å². The SMILES string of the molecule is CC(=O)O[C@H]1[C@H](NC(=O)c2ccc(F)c(Cl)c2)c2cc(C(C)=O)ccc2OC1(C)C. The number of hydrogen-bond donors (Lipinski definition) is 1. The maximum absolute atomic E-state index is 13.5. The molecule has 3 rings (SSSR count). The maximum Gasteiger partial charge on any atom is 0.303 e. The van der Waals surface area contributed by atoms with Crippen molar-refractivity contribution < 1.29 is 28.2 Å². The molecular weight excluding hydrogens is 413 g/mol. The summed E-state index contributed by atoms with van der Waals surface area (Å²) in [4.78, 5) is 36.5. The molecule has 0 fully saturated rings. The minimum Gasteiger partial charge on any atom is -0.484 e. The van der Waals surface area contributed by atoms with Crippen molar-refractivity contribution in [3.05, 3.63) is 63.9 Å². The quantitative estimate of drug-likeness (QED) is 0.575. The van der Waals surface area contributed by atoms with Gasteiger partial charge in [0.15, 0.2) is 11.9 Å². The van der Waals surface area contributed by atoms with E-state index in [0.717, 1.165) is 6.07 Å². The fraction of sp³-hybridized carbons (Fsp3) is 0.318. The van der Waals surface area contributed by atoms with Crippen LogP contribution in [-0.4, -0.2) is 29.4 Å². The van der Waals surface area contributed by atoms with Gasteiger partial charge in [-0.2, -0.15) is 0 Å². The minimum atomic E-state index is -0.977. The van der Waals surface area contributed by atoms with Crippen LogP contribution in [0.1, 0.15) is 60.0 Å². The molecule has 0 saturated carbocycles. The molecule has 2 aromatic rings. The van der Waals surface area contributed by atoms with Crippen LogP contribution in [0.2, 0.25) is 5.02 Å². The number of benzene rings is 2. The number of carbonyl (C=O) groups is 3. The van der Waals surface area contributed by atoms with Crippen LogP contribution in [0.25, 0.3) is 0 Å². The van der Waals surface area contributed by atoms with E-state index in [9.17, 15) is 18.8 Å². The molecule has 1 amide bonds. The fourth-order valence-electron chi connectivity index (χ4n) is 3.41. The monoisotopic (exact) mass is 433 g/mol. The van der Waals surface area contributed by atoms with Crippen molar-refractivity contribution >= 4 is 29.3 Å². The molecule has 1 N–H and O–H groups in total. The Kier molecular flexibility index (Phi) is 5.85. The Balaban J connectivity index is 2.07. The predicted octanol–water partition coefficient (Wildman–Crippen LogP) is 4.26. The maximum atomic E-state index is 13.5. The van der Waals surface area contributed by atoms with Crippen molar-refractivity contribution in [1.82, 2.24) is 5.32 Å². The minimum absolute atomic E-state index is 0.136. The molecule has 1 aliphatic rings. The molecule has 30 heavy (non-hydrogen) atoms. The molecule has 158 valence electrons. The molecule has 0 aliphatic carbocycles. The van der Waals surface area contributed by atoms with Crippen LogP contribution in [0.3, 0.4) is 0 Å². The highest BCUT2D eigenvalue weighted by Crippen LogP contribution is 2.42. The number of rotatable bonds is 4. The average molecular weight is 434 g/mol. The van der Waals surface area contributed by atoms with Gasteiger partial charge in [0, 0.05) is 23.6 Å².